The van der Waals surface area contributed by atoms with E-state index in [-0.39, 0.29) is 0 Å². The lowest BCUT2D eigenvalue weighted by molar-refractivity contribution is 0.322. The maximum absolute atomic E-state index is 4.37. The molecular formula is C17H21N3. The van der Waals surface area contributed by atoms with Crippen molar-refractivity contribution in [2.24, 2.45) is 0 Å². The lowest BCUT2D eigenvalue weighted by Crippen LogP contribution is -2.34. The number of hydrogen-bond acceptors (Lipinski definition) is 3. The summed E-state index contributed by atoms with van der Waals surface area (Å²) in [5.74, 6) is 0. The molecule has 0 fully saturated rings. The predicted octanol–water partition coefficient (Wildman–Crippen LogP) is 2.59. The predicted molar refractivity (Wildman–Crippen MR) is 83.0 cm³/mol. The normalized spacial score (nSPS) is 17.0. The van der Waals surface area contributed by atoms with Crippen LogP contribution in [0.3, 0.4) is 0 Å². The van der Waals surface area contributed by atoms with Crippen LogP contribution >= 0.6 is 0 Å². The fourth-order valence-corrected chi connectivity index (χ4v) is 2.80. The summed E-state index contributed by atoms with van der Waals surface area (Å²) >= 11 is 0. The van der Waals surface area contributed by atoms with E-state index >= 15 is 0 Å². The molecule has 1 N–H and O–H groups in total. The molecule has 2 aromatic rings. The molecule has 1 aromatic heterocycles. The number of fused-ring (bicyclic) bond motifs is 1. The molecule has 0 bridgehead atoms. The van der Waals surface area contributed by atoms with Crippen LogP contribution in [0.5, 0.6) is 0 Å². The number of hydrogen-bond donors (Lipinski definition) is 1. The van der Waals surface area contributed by atoms with E-state index in [0.29, 0.717) is 6.04 Å². The molecule has 104 valence electrons. The van der Waals surface area contributed by atoms with Gasteiger partial charge in [-0.2, -0.15) is 0 Å². The van der Waals surface area contributed by atoms with Gasteiger partial charge in [0.1, 0.15) is 0 Å². The first kappa shape index (κ1) is 13.1. The lowest BCUT2D eigenvalue weighted by atomic mass is 10.1. The van der Waals surface area contributed by atoms with Crippen molar-refractivity contribution >= 4 is 5.69 Å². The number of likely N-dealkylation sites (N-methyl/N-ethyl adjacent to an activating group) is 1. The summed E-state index contributed by atoms with van der Waals surface area (Å²) in [5.41, 5.74) is 3.91. The molecule has 1 aliphatic heterocycles. The maximum Gasteiger partial charge on any atom is 0.0429 e. The molecule has 20 heavy (non-hydrogen) atoms. The number of anilines is 1. The molecule has 3 heteroatoms. The number of aromatic nitrogens is 1. The molecule has 1 aromatic carbocycles. The molecule has 0 radical (unpaired) electrons. The van der Waals surface area contributed by atoms with Gasteiger partial charge in [0.15, 0.2) is 0 Å². The summed E-state index contributed by atoms with van der Waals surface area (Å²) in [6, 6.07) is 15.2. The molecule has 0 spiro atoms. The standard InChI is InChI=1S/C17H21N3/c1-20(11-9-15-7-4-5-10-18-15)13-16-12-14-6-2-3-8-17(14)19-16/h2-8,10,16,19H,9,11-13H2,1H3. The molecule has 0 saturated carbocycles. The SMILES string of the molecule is CN(CCc1ccccn1)CC1Cc2ccccc2N1. The summed E-state index contributed by atoms with van der Waals surface area (Å²) in [6.45, 7) is 2.12. The lowest BCUT2D eigenvalue weighted by Gasteiger charge is -2.21. The average molecular weight is 267 g/mol. The summed E-state index contributed by atoms with van der Waals surface area (Å²) in [4.78, 5) is 6.76. The van der Waals surface area contributed by atoms with Crippen molar-refractivity contribution in [3.8, 4) is 0 Å². The Morgan fingerprint density at radius 1 is 1.20 bits per heavy atom. The van der Waals surface area contributed by atoms with Crippen LogP contribution in [0.1, 0.15) is 11.3 Å². The van der Waals surface area contributed by atoms with Gasteiger partial charge in [-0.1, -0.05) is 24.3 Å². The molecular weight excluding hydrogens is 246 g/mol. The Labute approximate surface area is 120 Å². The number of nitrogens with one attached hydrogen (secondary N) is 1. The van der Waals surface area contributed by atoms with Crippen LogP contribution in [0.2, 0.25) is 0 Å². The number of rotatable bonds is 5. The zero-order chi connectivity index (χ0) is 13.8. The third-order valence-electron chi connectivity index (χ3n) is 3.85. The first-order valence-electron chi connectivity index (χ1n) is 7.24. The van der Waals surface area contributed by atoms with Gasteiger partial charge in [0.05, 0.1) is 0 Å². The first-order chi connectivity index (χ1) is 9.81. The summed E-state index contributed by atoms with van der Waals surface area (Å²) in [6.07, 6.45) is 4.01. The zero-order valence-corrected chi connectivity index (χ0v) is 11.9. The minimum absolute atomic E-state index is 0.529. The molecule has 0 saturated heterocycles. The highest BCUT2D eigenvalue weighted by Gasteiger charge is 2.20. The third kappa shape index (κ3) is 3.17. The van der Waals surface area contributed by atoms with Gasteiger partial charge in [-0.15, -0.1) is 0 Å². The van der Waals surface area contributed by atoms with Crippen LogP contribution in [0.25, 0.3) is 0 Å². The molecule has 0 aliphatic carbocycles. The van der Waals surface area contributed by atoms with Crippen LogP contribution < -0.4 is 5.32 Å². The van der Waals surface area contributed by atoms with E-state index in [1.165, 1.54) is 16.9 Å². The van der Waals surface area contributed by atoms with E-state index in [1.807, 2.05) is 12.3 Å². The Morgan fingerprint density at radius 2 is 2.05 bits per heavy atom. The van der Waals surface area contributed by atoms with Gasteiger partial charge in [0.2, 0.25) is 0 Å². The van der Waals surface area contributed by atoms with Crippen LogP contribution in [0.4, 0.5) is 5.69 Å². The van der Waals surface area contributed by atoms with Crippen LogP contribution in [-0.4, -0.2) is 36.1 Å². The molecule has 1 unspecified atom stereocenters. The van der Waals surface area contributed by atoms with E-state index in [9.17, 15) is 0 Å². The van der Waals surface area contributed by atoms with Gasteiger partial charge in [-0.25, -0.2) is 0 Å². The zero-order valence-electron chi connectivity index (χ0n) is 11.9. The second kappa shape index (κ2) is 6.06. The van der Waals surface area contributed by atoms with Gasteiger partial charge in [-0.05, 0) is 37.2 Å². The fraction of sp³-hybridized carbons (Fsp3) is 0.353. The smallest absolute Gasteiger partial charge is 0.0429 e. The van der Waals surface area contributed by atoms with Gasteiger partial charge in [0.25, 0.3) is 0 Å². The van der Waals surface area contributed by atoms with Gasteiger partial charge in [0, 0.05) is 43.1 Å². The Bertz CT molecular complexity index is 528. The van der Waals surface area contributed by atoms with Crippen molar-refractivity contribution in [3.05, 3.63) is 59.9 Å². The number of para-hydroxylation sites is 1. The minimum Gasteiger partial charge on any atom is -0.380 e. The topological polar surface area (TPSA) is 28.2 Å². The van der Waals surface area contributed by atoms with E-state index in [0.717, 1.165) is 25.9 Å². The number of pyridine rings is 1. The Balaban J connectivity index is 1.47. The fourth-order valence-electron chi connectivity index (χ4n) is 2.80. The largest absolute Gasteiger partial charge is 0.380 e. The van der Waals surface area contributed by atoms with Gasteiger partial charge >= 0.3 is 0 Å². The first-order valence-corrected chi connectivity index (χ1v) is 7.24. The monoisotopic (exact) mass is 267 g/mol. The molecule has 1 atom stereocenters. The van der Waals surface area contributed by atoms with E-state index in [1.54, 1.807) is 0 Å². The molecule has 3 nitrogen and oxygen atoms in total. The van der Waals surface area contributed by atoms with E-state index in [2.05, 4.69) is 58.6 Å². The molecule has 2 heterocycles. The summed E-state index contributed by atoms with van der Waals surface area (Å²) in [5, 5.41) is 3.61. The van der Waals surface area contributed by atoms with E-state index in [4.69, 9.17) is 0 Å². The minimum atomic E-state index is 0.529. The van der Waals surface area contributed by atoms with Crippen LogP contribution in [-0.2, 0) is 12.8 Å². The van der Waals surface area contributed by atoms with Gasteiger partial charge < -0.3 is 10.2 Å². The highest BCUT2D eigenvalue weighted by molar-refractivity contribution is 5.56. The second-order valence-electron chi connectivity index (χ2n) is 5.54. The Hall–Kier alpha value is -1.87. The third-order valence-corrected chi connectivity index (χ3v) is 3.85. The highest BCUT2D eigenvalue weighted by atomic mass is 15.1. The van der Waals surface area contributed by atoms with Crippen LogP contribution in [0.15, 0.2) is 48.7 Å². The number of nitrogens with zero attached hydrogens (tertiary/aromatic N) is 2. The van der Waals surface area contributed by atoms with Crippen molar-refractivity contribution in [1.82, 2.24) is 9.88 Å². The van der Waals surface area contributed by atoms with Crippen LogP contribution in [0, 0.1) is 0 Å². The second-order valence-corrected chi connectivity index (χ2v) is 5.54. The Morgan fingerprint density at radius 3 is 2.85 bits per heavy atom. The van der Waals surface area contributed by atoms with Crippen molar-refractivity contribution in [2.45, 2.75) is 18.9 Å². The van der Waals surface area contributed by atoms with Crippen molar-refractivity contribution in [1.29, 1.82) is 0 Å². The highest BCUT2D eigenvalue weighted by Crippen LogP contribution is 2.25. The van der Waals surface area contributed by atoms with E-state index < -0.39 is 0 Å². The quantitative estimate of drug-likeness (QED) is 0.902. The van der Waals surface area contributed by atoms with Gasteiger partial charge in [-0.3, -0.25) is 4.98 Å². The number of benzene rings is 1. The molecule has 1 aliphatic rings. The maximum atomic E-state index is 4.37. The average Bonchev–Trinajstić information content (AvgIpc) is 2.88. The van der Waals surface area contributed by atoms with Crippen molar-refractivity contribution in [3.63, 3.8) is 0 Å². The Kier molecular flexibility index (Phi) is 3.97. The molecule has 3 rings (SSSR count). The van der Waals surface area contributed by atoms with Crippen molar-refractivity contribution in [2.75, 3.05) is 25.5 Å². The summed E-state index contributed by atoms with van der Waals surface area (Å²) < 4.78 is 0. The molecule has 0 amide bonds. The summed E-state index contributed by atoms with van der Waals surface area (Å²) in [7, 11) is 2.19. The van der Waals surface area contributed by atoms with Crippen molar-refractivity contribution < 1.29 is 0 Å².